The Morgan fingerprint density at radius 3 is 2.59 bits per heavy atom. The van der Waals surface area contributed by atoms with E-state index in [2.05, 4.69) is 0 Å². The quantitative estimate of drug-likeness (QED) is 0.573. The summed E-state index contributed by atoms with van der Waals surface area (Å²) in [7, 11) is 1.63. The molecule has 0 amide bonds. The van der Waals surface area contributed by atoms with E-state index < -0.39 is 16.8 Å². The number of methoxy groups -OCH3 is 1. The van der Waals surface area contributed by atoms with E-state index in [4.69, 9.17) is 20.3 Å². The van der Waals surface area contributed by atoms with Crippen LogP contribution in [0.1, 0.15) is 20.3 Å². The molecule has 0 aliphatic heterocycles. The van der Waals surface area contributed by atoms with Crippen LogP contribution in [0.25, 0.3) is 0 Å². The number of rotatable bonds is 10. The number of hydrogen-bond donors (Lipinski definition) is 2. The highest BCUT2D eigenvalue weighted by atomic mass is 32.2. The highest BCUT2D eigenvalue weighted by Gasteiger charge is 2.32. The highest BCUT2D eigenvalue weighted by Crippen LogP contribution is 2.27. The molecule has 1 atom stereocenters. The molecule has 0 spiro atoms. The van der Waals surface area contributed by atoms with Crippen molar-refractivity contribution in [1.29, 1.82) is 0 Å². The molecule has 0 aliphatic rings. The molecular weight excluding hydrogens is 242 g/mol. The van der Waals surface area contributed by atoms with E-state index in [0.717, 1.165) is 12.2 Å². The molecule has 0 saturated heterocycles. The van der Waals surface area contributed by atoms with Gasteiger partial charge in [-0.1, -0.05) is 0 Å². The first kappa shape index (κ1) is 16.7. The van der Waals surface area contributed by atoms with Crippen LogP contribution in [-0.4, -0.2) is 54.5 Å². The summed E-state index contributed by atoms with van der Waals surface area (Å²) in [5.41, 5.74) is 5.61. The zero-order valence-corrected chi connectivity index (χ0v) is 11.6. The van der Waals surface area contributed by atoms with Crippen LogP contribution in [0.5, 0.6) is 0 Å². The number of carboxylic acids is 1. The molecule has 17 heavy (non-hydrogen) atoms. The minimum atomic E-state index is -0.959. The van der Waals surface area contributed by atoms with Gasteiger partial charge in [-0.25, -0.2) is 0 Å². The summed E-state index contributed by atoms with van der Waals surface area (Å²) in [5.74, 6) is -0.125. The second-order valence-corrected chi connectivity index (χ2v) is 5.98. The average molecular weight is 265 g/mol. The van der Waals surface area contributed by atoms with E-state index in [0.29, 0.717) is 19.8 Å². The second-order valence-electron chi connectivity index (χ2n) is 4.23. The van der Waals surface area contributed by atoms with E-state index in [1.807, 2.05) is 13.8 Å². The van der Waals surface area contributed by atoms with Gasteiger partial charge in [0.15, 0.2) is 0 Å². The lowest BCUT2D eigenvalue weighted by atomic mass is 10.1. The number of carboxylic acid groups (broad SMARTS) is 1. The number of thioether (sulfide) groups is 1. The van der Waals surface area contributed by atoms with Crippen LogP contribution in [0, 0.1) is 0 Å². The van der Waals surface area contributed by atoms with Gasteiger partial charge < -0.3 is 20.3 Å². The van der Waals surface area contributed by atoms with Gasteiger partial charge in [0, 0.05) is 18.5 Å². The van der Waals surface area contributed by atoms with E-state index in [1.54, 1.807) is 18.9 Å². The third-order valence-electron chi connectivity index (χ3n) is 2.35. The third-order valence-corrected chi connectivity index (χ3v) is 3.84. The Bertz CT molecular complexity index is 224. The molecule has 0 saturated carbocycles. The minimum Gasteiger partial charge on any atom is -0.480 e. The first-order valence-electron chi connectivity index (χ1n) is 5.61. The van der Waals surface area contributed by atoms with Crippen molar-refractivity contribution in [2.45, 2.75) is 31.1 Å². The lowest BCUT2D eigenvalue weighted by Crippen LogP contribution is -2.46. The van der Waals surface area contributed by atoms with E-state index in [-0.39, 0.29) is 0 Å². The van der Waals surface area contributed by atoms with Crippen molar-refractivity contribution in [2.24, 2.45) is 5.73 Å². The summed E-state index contributed by atoms with van der Waals surface area (Å²) in [6.45, 7) is 5.56. The third kappa shape index (κ3) is 7.59. The molecule has 102 valence electrons. The van der Waals surface area contributed by atoms with Crippen molar-refractivity contribution >= 4 is 17.7 Å². The number of hydrogen-bond acceptors (Lipinski definition) is 5. The molecule has 0 unspecified atom stereocenters. The summed E-state index contributed by atoms with van der Waals surface area (Å²) >= 11 is 1.56. The molecular formula is C11H23NO4S. The topological polar surface area (TPSA) is 81.8 Å². The van der Waals surface area contributed by atoms with Gasteiger partial charge in [-0.05, 0) is 26.0 Å². The van der Waals surface area contributed by atoms with E-state index >= 15 is 0 Å². The summed E-state index contributed by atoms with van der Waals surface area (Å²) < 4.78 is 9.70. The van der Waals surface area contributed by atoms with Crippen LogP contribution in [0.3, 0.4) is 0 Å². The van der Waals surface area contributed by atoms with Crippen molar-refractivity contribution in [3.8, 4) is 0 Å². The Hall–Kier alpha value is -0.300. The summed E-state index contributed by atoms with van der Waals surface area (Å²) in [4.78, 5) is 10.8. The Morgan fingerprint density at radius 1 is 1.41 bits per heavy atom. The normalized spacial score (nSPS) is 13.6. The van der Waals surface area contributed by atoms with Crippen LogP contribution >= 0.6 is 11.8 Å². The molecule has 0 rings (SSSR count). The maximum atomic E-state index is 10.8. The average Bonchev–Trinajstić information content (AvgIpc) is 2.26. The number of ether oxygens (including phenoxy) is 2. The van der Waals surface area contributed by atoms with Gasteiger partial charge >= 0.3 is 5.97 Å². The maximum Gasteiger partial charge on any atom is 0.321 e. The van der Waals surface area contributed by atoms with Crippen molar-refractivity contribution in [3.63, 3.8) is 0 Å². The zero-order valence-electron chi connectivity index (χ0n) is 10.8. The monoisotopic (exact) mass is 265 g/mol. The van der Waals surface area contributed by atoms with E-state index in [9.17, 15) is 4.79 Å². The minimum absolute atomic E-state index is 0.460. The van der Waals surface area contributed by atoms with Crippen LogP contribution in [0.4, 0.5) is 0 Å². The van der Waals surface area contributed by atoms with Crippen molar-refractivity contribution in [2.75, 3.05) is 32.7 Å². The molecule has 0 aliphatic carbocycles. The molecule has 5 nitrogen and oxygen atoms in total. The number of aliphatic carboxylic acids is 1. The Morgan fingerprint density at radius 2 is 2.06 bits per heavy atom. The highest BCUT2D eigenvalue weighted by molar-refractivity contribution is 8.00. The lowest BCUT2D eigenvalue weighted by molar-refractivity contribution is -0.139. The first-order valence-corrected chi connectivity index (χ1v) is 6.59. The molecule has 0 radical (unpaired) electrons. The molecule has 3 N–H and O–H groups in total. The molecule has 0 aromatic heterocycles. The fraction of sp³-hybridized carbons (Fsp3) is 0.909. The van der Waals surface area contributed by atoms with Gasteiger partial charge in [0.1, 0.15) is 6.04 Å². The second kappa shape index (κ2) is 8.74. The molecule has 6 heteroatoms. The fourth-order valence-electron chi connectivity index (χ4n) is 1.13. The van der Waals surface area contributed by atoms with Gasteiger partial charge in [-0.2, -0.15) is 11.8 Å². The van der Waals surface area contributed by atoms with Crippen LogP contribution < -0.4 is 5.73 Å². The van der Waals surface area contributed by atoms with Crippen LogP contribution in [0.2, 0.25) is 0 Å². The van der Waals surface area contributed by atoms with Crippen LogP contribution in [-0.2, 0) is 14.3 Å². The van der Waals surface area contributed by atoms with Gasteiger partial charge in [0.2, 0.25) is 0 Å². The van der Waals surface area contributed by atoms with Gasteiger partial charge in [0.25, 0.3) is 0 Å². The van der Waals surface area contributed by atoms with Gasteiger partial charge in [0.05, 0.1) is 13.2 Å². The Labute approximate surface area is 107 Å². The summed E-state index contributed by atoms with van der Waals surface area (Å²) in [6.07, 6.45) is 0.879. The SMILES string of the molecule is COCCOCCCSC(C)(C)[C@@H](N)C(=O)O. The van der Waals surface area contributed by atoms with Gasteiger partial charge in [-0.15, -0.1) is 0 Å². The molecule has 0 bridgehead atoms. The first-order chi connectivity index (χ1) is 7.91. The standard InChI is InChI=1S/C11H23NO4S/c1-11(2,9(12)10(13)14)17-8-4-5-16-7-6-15-3/h9H,4-8,12H2,1-3H3,(H,13,14)/t9-/m0/s1. The van der Waals surface area contributed by atoms with E-state index in [1.165, 1.54) is 0 Å². The lowest BCUT2D eigenvalue weighted by Gasteiger charge is -2.27. The molecule has 0 aromatic carbocycles. The van der Waals surface area contributed by atoms with Crippen molar-refractivity contribution in [1.82, 2.24) is 0 Å². The van der Waals surface area contributed by atoms with Crippen LogP contribution in [0.15, 0.2) is 0 Å². The molecule has 0 fully saturated rings. The zero-order chi connectivity index (χ0) is 13.3. The fourth-order valence-corrected chi connectivity index (χ4v) is 2.20. The number of nitrogens with two attached hydrogens (primary N) is 1. The predicted molar refractivity (Wildman–Crippen MR) is 69.5 cm³/mol. The van der Waals surface area contributed by atoms with Gasteiger partial charge in [-0.3, -0.25) is 4.79 Å². The Balaban J connectivity index is 3.62. The summed E-state index contributed by atoms with van der Waals surface area (Å²) in [6, 6.07) is -0.845. The molecule has 0 heterocycles. The predicted octanol–water partition coefficient (Wildman–Crippen LogP) is 0.963. The van der Waals surface area contributed by atoms with Crippen molar-refractivity contribution < 1.29 is 19.4 Å². The number of carbonyl (C=O) groups is 1. The summed E-state index contributed by atoms with van der Waals surface area (Å²) in [5, 5.41) is 8.84. The Kier molecular flexibility index (Phi) is 8.59. The largest absolute Gasteiger partial charge is 0.480 e. The van der Waals surface area contributed by atoms with Crippen molar-refractivity contribution in [3.05, 3.63) is 0 Å². The maximum absolute atomic E-state index is 10.8. The molecule has 0 aromatic rings. The smallest absolute Gasteiger partial charge is 0.321 e.